The number of nitrogens with zero attached hydrogens (tertiary/aromatic N) is 5. The molecule has 8 atom stereocenters. The number of likely N-dealkylation sites (tertiary alicyclic amines) is 2. The number of ether oxygens (including phenoxy) is 3. The lowest BCUT2D eigenvalue weighted by Crippen LogP contribution is -2.51. The summed E-state index contributed by atoms with van der Waals surface area (Å²) in [5.41, 5.74) is 5.81. The number of hydrogen-bond donors (Lipinski definition) is 5. The molecule has 1 saturated carbocycles. The average molecular weight is 963 g/mol. The molecule has 4 aliphatic rings. The maximum absolute atomic E-state index is 17.1. The van der Waals surface area contributed by atoms with Crippen molar-refractivity contribution >= 4 is 34.5 Å². The Labute approximate surface area is 406 Å². The summed E-state index contributed by atoms with van der Waals surface area (Å²) in [6, 6.07) is 18.9. The summed E-state index contributed by atoms with van der Waals surface area (Å²) in [6.45, 7) is 10.2. The van der Waals surface area contributed by atoms with Gasteiger partial charge in [0.15, 0.2) is 6.23 Å². The Morgan fingerprint density at radius 1 is 0.928 bits per heavy atom. The number of aromatic nitrogens is 5. The Morgan fingerprint density at radius 2 is 1.64 bits per heavy atom. The molecule has 2 amide bonds. The van der Waals surface area contributed by atoms with Crippen molar-refractivity contribution in [3.63, 3.8) is 0 Å². The van der Waals surface area contributed by atoms with Crippen LogP contribution in [0.4, 0.5) is 9.18 Å². The van der Waals surface area contributed by atoms with E-state index in [2.05, 4.69) is 68.2 Å². The summed E-state index contributed by atoms with van der Waals surface area (Å²) in [5.74, 6) is 1.69. The molecule has 1 aliphatic carbocycles. The van der Waals surface area contributed by atoms with Crippen LogP contribution in [0.1, 0.15) is 101 Å². The van der Waals surface area contributed by atoms with Crippen molar-refractivity contribution in [3.8, 4) is 39.5 Å². The van der Waals surface area contributed by atoms with Gasteiger partial charge in [-0.2, -0.15) is 0 Å². The number of carbonyl (C=O) groups is 2. The Kier molecular flexibility index (Phi) is 13.1. The topological polar surface area (TPSA) is 175 Å². The predicted octanol–water partition coefficient (Wildman–Crippen LogP) is 9.29. The molecule has 8 unspecified atom stereocenters. The molecule has 3 aliphatic heterocycles. The number of nitrogens with one attached hydrogen (secondary N) is 4. The van der Waals surface area contributed by atoms with E-state index >= 15 is 4.39 Å². The highest BCUT2D eigenvalue weighted by Gasteiger charge is 2.49. The summed E-state index contributed by atoms with van der Waals surface area (Å²) >= 11 is 7.48. The molecule has 69 heavy (non-hydrogen) atoms. The molecular formula is C52H61ClFN9O6. The molecular weight excluding hydrogens is 901 g/mol. The fraction of sp³-hybridized carbons (Fsp3) is 0.462. The zero-order valence-corrected chi connectivity index (χ0v) is 40.6. The van der Waals surface area contributed by atoms with Gasteiger partial charge < -0.3 is 44.1 Å². The largest absolute Gasteiger partial charge is 0.469 e. The zero-order valence-electron chi connectivity index (χ0n) is 39.8. The van der Waals surface area contributed by atoms with Crippen molar-refractivity contribution < 1.29 is 33.3 Å². The number of rotatable bonds is 15. The minimum atomic E-state index is -1.05. The van der Waals surface area contributed by atoms with E-state index in [1.807, 2.05) is 44.2 Å². The number of H-pyrrole nitrogens is 2. The number of hydrogen-bond acceptors (Lipinski definition) is 10. The minimum absolute atomic E-state index is 0.00964. The maximum Gasteiger partial charge on any atom is 0.407 e. The van der Waals surface area contributed by atoms with Crippen molar-refractivity contribution in [1.82, 2.24) is 44.9 Å². The minimum Gasteiger partial charge on any atom is -0.469 e. The number of fused-ring (bicyclic) bond motifs is 5. The van der Waals surface area contributed by atoms with E-state index in [0.717, 1.165) is 66.6 Å². The molecule has 364 valence electrons. The summed E-state index contributed by atoms with van der Waals surface area (Å²) in [6.07, 6.45) is 5.70. The van der Waals surface area contributed by atoms with Gasteiger partial charge in [0.1, 0.15) is 29.3 Å². The molecule has 3 aromatic heterocycles. The van der Waals surface area contributed by atoms with E-state index in [1.165, 1.54) is 25.8 Å². The van der Waals surface area contributed by atoms with Gasteiger partial charge in [-0.25, -0.2) is 19.2 Å². The maximum atomic E-state index is 17.1. The molecule has 6 aromatic rings. The molecule has 0 bridgehead atoms. The Hall–Kier alpha value is -5.78. The van der Waals surface area contributed by atoms with Crippen LogP contribution in [0.3, 0.4) is 0 Å². The second kappa shape index (κ2) is 19.2. The summed E-state index contributed by atoms with van der Waals surface area (Å²) < 4.78 is 36.1. The monoisotopic (exact) mass is 961 g/mol. The van der Waals surface area contributed by atoms with Crippen LogP contribution in [0.25, 0.3) is 44.7 Å². The SMILES string of the molecule is COC(=O)NC(C(=O)N1CCCC1c1ncc(-c2ccc3c(c2)c(Cl)c2n3C(C3CC3c3ccccc3)Oc3cc(-c4cnc(C5CCCN5CC(NC(O)OC)C(C)C)[nH]4)cc(F)c3-2)[nH]1)C(C)C. The van der Waals surface area contributed by atoms with Crippen LogP contribution >= 0.6 is 11.6 Å². The molecule has 2 saturated heterocycles. The van der Waals surface area contributed by atoms with Gasteiger partial charge in [-0.15, -0.1) is 0 Å². The molecule has 10 rings (SSSR count). The standard InChI is InChI=1S/C52H61ClFN9O6/c1-27(2)38(59-51(65)67-5)26-61-18-10-14-40(61)47-55-25-37(58-47)31-21-35(54)43-42(22-31)69-50(33-23-32(33)29-12-8-7-9-13-29)63-39-17-16-30(20-34(39)44(53)46(43)63)36-24-56-48(57-36)41-15-11-19-62(41)49(64)45(28(3)4)60-52(66)68-6/h7-9,12-13,16-17,20-22,24-25,27-28,32-33,38,40-41,45,50-51,59,65H,10-11,14-15,18-19,23,26H2,1-6H3,(H,55,58)(H,56,57)(H,60,66). The Bertz CT molecular complexity index is 2850. The van der Waals surface area contributed by atoms with Crippen LogP contribution in [-0.4, -0.2) is 104 Å². The van der Waals surface area contributed by atoms with Gasteiger partial charge in [-0.05, 0) is 86.2 Å². The summed E-state index contributed by atoms with van der Waals surface area (Å²) in [4.78, 5) is 46.8. The normalized spacial score (nSPS) is 22.4. The van der Waals surface area contributed by atoms with Gasteiger partial charge >= 0.3 is 6.09 Å². The molecule has 3 aromatic carbocycles. The molecule has 0 spiro atoms. The van der Waals surface area contributed by atoms with Crippen molar-refractivity contribution in [2.24, 2.45) is 17.8 Å². The van der Waals surface area contributed by atoms with Gasteiger partial charge in [0.2, 0.25) is 12.3 Å². The third-order valence-electron chi connectivity index (χ3n) is 14.7. The van der Waals surface area contributed by atoms with E-state index in [4.69, 9.17) is 35.8 Å². The molecule has 15 nitrogen and oxygen atoms in total. The number of aromatic amines is 2. The Morgan fingerprint density at radius 3 is 2.35 bits per heavy atom. The first kappa shape index (κ1) is 46.9. The lowest BCUT2D eigenvalue weighted by atomic mass is 10.0. The number of amides is 2. The van der Waals surface area contributed by atoms with Gasteiger partial charge in [-0.1, -0.05) is 75.7 Å². The fourth-order valence-corrected chi connectivity index (χ4v) is 11.2. The Balaban J connectivity index is 0.972. The van der Waals surface area contributed by atoms with Crippen molar-refractivity contribution in [1.29, 1.82) is 0 Å². The molecule has 5 N–H and O–H groups in total. The first-order valence-corrected chi connectivity index (χ1v) is 24.6. The third kappa shape index (κ3) is 8.90. The number of methoxy groups -OCH3 is 2. The van der Waals surface area contributed by atoms with E-state index in [9.17, 15) is 14.7 Å². The first-order chi connectivity index (χ1) is 33.3. The van der Waals surface area contributed by atoms with Gasteiger partial charge in [0, 0.05) is 48.7 Å². The number of alkyl carbamates (subject to hydrolysis) is 1. The highest BCUT2D eigenvalue weighted by Crippen LogP contribution is 2.59. The van der Waals surface area contributed by atoms with E-state index in [-0.39, 0.29) is 47.7 Å². The van der Waals surface area contributed by atoms with Crippen LogP contribution < -0.4 is 15.4 Å². The predicted molar refractivity (Wildman–Crippen MR) is 261 cm³/mol. The number of aliphatic hydroxyl groups excluding tert-OH is 1. The van der Waals surface area contributed by atoms with E-state index in [1.54, 1.807) is 17.3 Å². The van der Waals surface area contributed by atoms with Crippen LogP contribution in [0.2, 0.25) is 5.02 Å². The number of aliphatic hydroxyl groups is 1. The summed E-state index contributed by atoms with van der Waals surface area (Å²) in [5, 5.41) is 17.3. The summed E-state index contributed by atoms with van der Waals surface area (Å²) in [7, 11) is 2.75. The quantitative estimate of drug-likeness (QED) is 0.0624. The highest BCUT2D eigenvalue weighted by molar-refractivity contribution is 6.38. The lowest BCUT2D eigenvalue weighted by Gasteiger charge is -2.32. The molecule has 17 heteroatoms. The van der Waals surface area contributed by atoms with Crippen molar-refractivity contribution in [2.75, 3.05) is 33.9 Å². The third-order valence-corrected chi connectivity index (χ3v) is 15.1. The number of benzene rings is 3. The lowest BCUT2D eigenvalue weighted by molar-refractivity contribution is -0.135. The van der Waals surface area contributed by atoms with Crippen LogP contribution in [0.15, 0.2) is 73.1 Å². The van der Waals surface area contributed by atoms with Crippen molar-refractivity contribution in [2.45, 2.75) is 103 Å². The fourth-order valence-electron chi connectivity index (χ4n) is 10.9. The number of carbonyl (C=O) groups excluding carboxylic acids is 2. The highest BCUT2D eigenvalue weighted by atomic mass is 35.5. The molecule has 3 fully saturated rings. The smallest absolute Gasteiger partial charge is 0.407 e. The average Bonchev–Trinajstić information content (AvgIpc) is 3.97. The number of halogens is 2. The second-order valence-electron chi connectivity index (χ2n) is 19.7. The van der Waals surface area contributed by atoms with Crippen LogP contribution in [-0.2, 0) is 14.3 Å². The van der Waals surface area contributed by atoms with Crippen LogP contribution in [0.5, 0.6) is 5.75 Å². The number of imidazole rings is 2. The van der Waals surface area contributed by atoms with Gasteiger partial charge in [-0.3, -0.25) is 15.0 Å². The first-order valence-electron chi connectivity index (χ1n) is 24.2. The molecule has 0 radical (unpaired) electrons. The van der Waals surface area contributed by atoms with E-state index < -0.39 is 30.6 Å². The zero-order chi connectivity index (χ0) is 48.2. The van der Waals surface area contributed by atoms with Crippen molar-refractivity contribution in [3.05, 3.63) is 101 Å². The van der Waals surface area contributed by atoms with Gasteiger partial charge in [0.05, 0.1) is 64.8 Å². The van der Waals surface area contributed by atoms with Crippen LogP contribution in [0, 0.1) is 23.6 Å². The molecule has 6 heterocycles. The second-order valence-corrected chi connectivity index (χ2v) is 20.1. The van der Waals surface area contributed by atoms with Gasteiger partial charge in [0.25, 0.3) is 0 Å². The van der Waals surface area contributed by atoms with E-state index in [0.29, 0.717) is 52.2 Å².